The minimum atomic E-state index is -1.05. The molecule has 1 amide bonds. The van der Waals surface area contributed by atoms with Gasteiger partial charge in [-0.15, -0.1) is 5.10 Å². The third-order valence-corrected chi connectivity index (χ3v) is 5.88. The van der Waals surface area contributed by atoms with E-state index in [4.69, 9.17) is 11.6 Å². The number of hydrogen-bond acceptors (Lipinski definition) is 4. The van der Waals surface area contributed by atoms with E-state index in [0.717, 1.165) is 33.2 Å². The van der Waals surface area contributed by atoms with E-state index in [1.165, 1.54) is 17.4 Å². The molecule has 9 heteroatoms. The van der Waals surface area contributed by atoms with Gasteiger partial charge in [0.1, 0.15) is 0 Å². The molecule has 148 valence electrons. The number of nitrogens with one attached hydrogen (secondary N) is 1. The lowest BCUT2D eigenvalue weighted by Gasteiger charge is -2.05. The summed E-state index contributed by atoms with van der Waals surface area (Å²) in [5.41, 5.74) is 1.90. The summed E-state index contributed by atoms with van der Waals surface area (Å²) in [5, 5.41) is 7.92. The first-order chi connectivity index (χ1) is 13.9. The molecule has 0 unspecified atom stereocenters. The fourth-order valence-electron chi connectivity index (χ4n) is 2.87. The van der Waals surface area contributed by atoms with Crippen molar-refractivity contribution in [2.45, 2.75) is 13.3 Å². The van der Waals surface area contributed by atoms with Crippen molar-refractivity contribution < 1.29 is 13.6 Å². The van der Waals surface area contributed by atoms with Gasteiger partial charge in [-0.3, -0.25) is 4.79 Å². The summed E-state index contributed by atoms with van der Waals surface area (Å²) in [6.45, 7) is 2.29. The zero-order valence-electron chi connectivity index (χ0n) is 15.2. The number of carbonyl (C=O) groups excluding carboxylic acids is 1. The molecule has 2 aromatic carbocycles. The molecule has 0 aliphatic heterocycles. The molecular formula is C20H15ClF2N4OS. The molecule has 29 heavy (non-hydrogen) atoms. The second-order valence-electron chi connectivity index (χ2n) is 6.38. The van der Waals surface area contributed by atoms with Gasteiger partial charge in [0.25, 0.3) is 5.91 Å². The number of aryl methyl sites for hydroxylation is 1. The number of thiazole rings is 1. The molecule has 1 N–H and O–H groups in total. The Kier molecular flexibility index (Phi) is 5.29. The third-order valence-electron chi connectivity index (χ3n) is 4.44. The number of rotatable bonds is 5. The predicted molar refractivity (Wildman–Crippen MR) is 108 cm³/mol. The molecule has 2 heterocycles. The zero-order chi connectivity index (χ0) is 20.5. The van der Waals surface area contributed by atoms with Gasteiger partial charge in [-0.1, -0.05) is 22.9 Å². The highest BCUT2D eigenvalue weighted by atomic mass is 35.5. The zero-order valence-corrected chi connectivity index (χ0v) is 16.8. The van der Waals surface area contributed by atoms with Crippen molar-refractivity contribution in [3.05, 3.63) is 75.3 Å². The van der Waals surface area contributed by atoms with Crippen LogP contribution in [0.15, 0.2) is 42.5 Å². The number of benzene rings is 2. The number of fused-ring (bicyclic) bond motifs is 1. The third kappa shape index (κ3) is 3.99. The Morgan fingerprint density at radius 3 is 2.62 bits per heavy atom. The molecule has 0 fully saturated rings. The largest absolute Gasteiger partial charge is 0.352 e. The van der Waals surface area contributed by atoms with Crippen molar-refractivity contribution in [2.75, 3.05) is 6.54 Å². The molecule has 0 atom stereocenters. The van der Waals surface area contributed by atoms with Crippen LogP contribution in [0.3, 0.4) is 0 Å². The summed E-state index contributed by atoms with van der Waals surface area (Å²) in [5.74, 6) is -1.86. The Bertz CT molecular complexity index is 1200. The normalized spacial score (nSPS) is 11.2. The monoisotopic (exact) mass is 432 g/mol. The van der Waals surface area contributed by atoms with Gasteiger partial charge >= 0.3 is 0 Å². The fraction of sp³-hybridized carbons (Fsp3) is 0.150. The second-order valence-corrected chi connectivity index (χ2v) is 7.88. The number of nitrogens with zero attached hydrogens (tertiary/aromatic N) is 3. The van der Waals surface area contributed by atoms with Gasteiger partial charge in [0.15, 0.2) is 17.5 Å². The van der Waals surface area contributed by atoms with E-state index in [1.54, 1.807) is 16.6 Å². The molecule has 0 saturated carbocycles. The van der Waals surface area contributed by atoms with Crippen LogP contribution in [-0.4, -0.2) is 27.0 Å². The van der Waals surface area contributed by atoms with E-state index < -0.39 is 17.5 Å². The average molecular weight is 433 g/mol. The number of aromatic nitrogens is 3. The van der Waals surface area contributed by atoms with Crippen LogP contribution in [0.5, 0.6) is 0 Å². The number of carbonyl (C=O) groups is 1. The van der Waals surface area contributed by atoms with Crippen molar-refractivity contribution in [1.29, 1.82) is 0 Å². The lowest BCUT2D eigenvalue weighted by molar-refractivity contribution is 0.0953. The molecule has 0 spiro atoms. The average Bonchev–Trinajstić information content (AvgIpc) is 3.24. The quantitative estimate of drug-likeness (QED) is 0.498. The summed E-state index contributed by atoms with van der Waals surface area (Å²) < 4.78 is 28.0. The lowest BCUT2D eigenvalue weighted by Crippen LogP contribution is -2.25. The maximum Gasteiger partial charge on any atom is 0.251 e. The molecule has 4 rings (SSSR count). The van der Waals surface area contributed by atoms with Crippen LogP contribution in [-0.2, 0) is 6.42 Å². The molecule has 0 saturated heterocycles. The molecule has 0 bridgehead atoms. The van der Waals surface area contributed by atoms with Gasteiger partial charge in [-0.25, -0.2) is 13.3 Å². The SMILES string of the molecule is Cc1c(CCNC(=O)c2ccc(F)c(F)c2)sc2nc(-c3ccc(Cl)cc3)nn12. The van der Waals surface area contributed by atoms with E-state index in [9.17, 15) is 13.6 Å². The molecule has 0 aliphatic rings. The predicted octanol–water partition coefficient (Wildman–Crippen LogP) is 4.67. The van der Waals surface area contributed by atoms with Crippen molar-refractivity contribution in [3.63, 3.8) is 0 Å². The highest BCUT2D eigenvalue weighted by Gasteiger charge is 2.15. The molecule has 0 aliphatic carbocycles. The van der Waals surface area contributed by atoms with Gasteiger partial charge < -0.3 is 5.32 Å². The van der Waals surface area contributed by atoms with Gasteiger partial charge in [-0.2, -0.15) is 4.98 Å². The number of halogens is 3. The first-order valence-corrected chi connectivity index (χ1v) is 9.96. The van der Waals surface area contributed by atoms with Crippen LogP contribution in [0.25, 0.3) is 16.3 Å². The summed E-state index contributed by atoms with van der Waals surface area (Å²) >= 11 is 7.41. The van der Waals surface area contributed by atoms with E-state index in [0.29, 0.717) is 23.8 Å². The lowest BCUT2D eigenvalue weighted by atomic mass is 10.2. The van der Waals surface area contributed by atoms with Crippen LogP contribution in [0.4, 0.5) is 8.78 Å². The molecule has 4 aromatic rings. The van der Waals surface area contributed by atoms with E-state index in [1.807, 2.05) is 19.1 Å². The van der Waals surface area contributed by atoms with Gasteiger partial charge in [0.05, 0.1) is 5.69 Å². The standard InChI is InChI=1S/C20H15ClF2N4OS/c1-11-17(8-9-24-19(28)13-4-7-15(22)16(23)10-13)29-20-25-18(26-27(11)20)12-2-5-14(21)6-3-12/h2-7,10H,8-9H2,1H3,(H,24,28). The van der Waals surface area contributed by atoms with Crippen LogP contribution in [0.2, 0.25) is 5.02 Å². The van der Waals surface area contributed by atoms with Crippen molar-refractivity contribution in [1.82, 2.24) is 19.9 Å². The molecular weight excluding hydrogens is 418 g/mol. The number of amides is 1. The van der Waals surface area contributed by atoms with Crippen LogP contribution < -0.4 is 5.32 Å². The van der Waals surface area contributed by atoms with Crippen LogP contribution in [0.1, 0.15) is 20.9 Å². The molecule has 5 nitrogen and oxygen atoms in total. The maximum atomic E-state index is 13.3. The van der Waals surface area contributed by atoms with Gasteiger partial charge in [0.2, 0.25) is 4.96 Å². The van der Waals surface area contributed by atoms with Crippen molar-refractivity contribution >= 4 is 33.8 Å². The first-order valence-electron chi connectivity index (χ1n) is 8.76. The minimum absolute atomic E-state index is 0.0795. The Morgan fingerprint density at radius 2 is 1.93 bits per heavy atom. The first kappa shape index (κ1) is 19.5. The Balaban J connectivity index is 1.44. The van der Waals surface area contributed by atoms with Crippen molar-refractivity contribution in [3.8, 4) is 11.4 Å². The summed E-state index contributed by atoms with van der Waals surface area (Å²) in [4.78, 5) is 18.5. The Hall–Kier alpha value is -2.84. The van der Waals surface area contributed by atoms with Gasteiger partial charge in [-0.05, 0) is 49.4 Å². The van der Waals surface area contributed by atoms with Crippen LogP contribution in [0, 0.1) is 18.6 Å². The molecule has 0 radical (unpaired) electrons. The highest BCUT2D eigenvalue weighted by molar-refractivity contribution is 7.17. The van der Waals surface area contributed by atoms with Gasteiger partial charge in [0, 0.05) is 34.0 Å². The minimum Gasteiger partial charge on any atom is -0.352 e. The molecule has 2 aromatic heterocycles. The van der Waals surface area contributed by atoms with Crippen molar-refractivity contribution in [2.24, 2.45) is 0 Å². The Labute approximate surface area is 174 Å². The topological polar surface area (TPSA) is 59.3 Å². The number of hydrogen-bond donors (Lipinski definition) is 1. The highest BCUT2D eigenvalue weighted by Crippen LogP contribution is 2.25. The fourth-order valence-corrected chi connectivity index (χ4v) is 4.05. The van der Waals surface area contributed by atoms with E-state index in [-0.39, 0.29) is 5.56 Å². The summed E-state index contributed by atoms with van der Waals surface area (Å²) in [6.07, 6.45) is 0.577. The smallest absolute Gasteiger partial charge is 0.251 e. The summed E-state index contributed by atoms with van der Waals surface area (Å²) in [7, 11) is 0. The second kappa shape index (κ2) is 7.88. The summed E-state index contributed by atoms with van der Waals surface area (Å²) in [6, 6.07) is 10.4. The van der Waals surface area contributed by atoms with E-state index >= 15 is 0 Å². The van der Waals surface area contributed by atoms with E-state index in [2.05, 4.69) is 15.4 Å². The maximum absolute atomic E-state index is 13.3. The van der Waals surface area contributed by atoms with Crippen LogP contribution >= 0.6 is 22.9 Å². The Morgan fingerprint density at radius 1 is 1.17 bits per heavy atom.